The molecule has 0 aromatic heterocycles. The summed E-state index contributed by atoms with van der Waals surface area (Å²) in [5.41, 5.74) is 1.59. The van der Waals surface area contributed by atoms with Crippen LogP contribution in [0, 0.1) is 5.82 Å². The predicted molar refractivity (Wildman–Crippen MR) is 50.0 cm³/mol. The summed E-state index contributed by atoms with van der Waals surface area (Å²) in [7, 11) is 1.72. The maximum atomic E-state index is 13.1. The van der Waals surface area contributed by atoms with Gasteiger partial charge in [-0.3, -0.25) is 0 Å². The maximum Gasteiger partial charge on any atom is 0.146 e. The van der Waals surface area contributed by atoms with Crippen molar-refractivity contribution in [2.24, 2.45) is 0 Å². The second-order valence-corrected chi connectivity index (χ2v) is 3.14. The molecule has 0 aliphatic carbocycles. The molecule has 0 saturated heterocycles. The van der Waals surface area contributed by atoms with Crippen molar-refractivity contribution in [3.63, 3.8) is 0 Å². The zero-order valence-corrected chi connectivity index (χ0v) is 7.69. The second-order valence-electron chi connectivity index (χ2n) is 3.14. The highest BCUT2D eigenvalue weighted by Crippen LogP contribution is 2.20. The van der Waals surface area contributed by atoms with Crippen LogP contribution in [-0.4, -0.2) is 7.05 Å². The van der Waals surface area contributed by atoms with Gasteiger partial charge in [-0.1, -0.05) is 19.9 Å². The largest absolute Gasteiger partial charge is 0.386 e. The van der Waals surface area contributed by atoms with E-state index >= 15 is 0 Å². The number of rotatable bonds is 2. The molecule has 0 unspecified atom stereocenters. The molecule has 0 radical (unpaired) electrons. The van der Waals surface area contributed by atoms with E-state index < -0.39 is 0 Å². The van der Waals surface area contributed by atoms with E-state index in [1.165, 1.54) is 0 Å². The average molecular weight is 167 g/mol. The van der Waals surface area contributed by atoms with Crippen LogP contribution in [0.5, 0.6) is 0 Å². The van der Waals surface area contributed by atoms with Gasteiger partial charge < -0.3 is 5.32 Å². The highest BCUT2D eigenvalue weighted by Gasteiger charge is 2.03. The van der Waals surface area contributed by atoms with Gasteiger partial charge in [0, 0.05) is 7.05 Å². The summed E-state index contributed by atoms with van der Waals surface area (Å²) in [4.78, 5) is 0. The summed E-state index contributed by atoms with van der Waals surface area (Å²) >= 11 is 0. The first-order valence-electron chi connectivity index (χ1n) is 4.12. The Hall–Kier alpha value is -1.05. The number of nitrogens with one attached hydrogen (secondary N) is 1. The van der Waals surface area contributed by atoms with E-state index in [1.807, 2.05) is 19.9 Å². The smallest absolute Gasteiger partial charge is 0.146 e. The Morgan fingerprint density at radius 1 is 1.33 bits per heavy atom. The lowest BCUT2D eigenvalue weighted by molar-refractivity contribution is 0.627. The molecule has 0 bridgehead atoms. The molecule has 1 aromatic rings. The molecule has 0 spiro atoms. The zero-order chi connectivity index (χ0) is 9.14. The van der Waals surface area contributed by atoms with Crippen LogP contribution < -0.4 is 5.32 Å². The van der Waals surface area contributed by atoms with Crippen molar-refractivity contribution >= 4 is 5.69 Å². The van der Waals surface area contributed by atoms with Crippen LogP contribution in [0.1, 0.15) is 25.3 Å². The normalized spacial score (nSPS) is 10.4. The third-order valence-electron chi connectivity index (χ3n) is 1.93. The summed E-state index contributed by atoms with van der Waals surface area (Å²) in [6, 6.07) is 5.29. The number of hydrogen-bond donors (Lipinski definition) is 1. The van der Waals surface area contributed by atoms with Gasteiger partial charge in [-0.15, -0.1) is 0 Å². The minimum absolute atomic E-state index is 0.177. The molecule has 1 nitrogen and oxygen atoms in total. The summed E-state index contributed by atoms with van der Waals surface area (Å²) in [6.07, 6.45) is 0. The molecule has 2 heteroatoms. The fourth-order valence-electron chi connectivity index (χ4n) is 1.09. The van der Waals surface area contributed by atoms with Crippen molar-refractivity contribution in [3.8, 4) is 0 Å². The highest BCUT2D eigenvalue weighted by molar-refractivity contribution is 5.46. The van der Waals surface area contributed by atoms with Gasteiger partial charge in [-0.05, 0) is 23.6 Å². The van der Waals surface area contributed by atoms with E-state index in [9.17, 15) is 4.39 Å². The average Bonchev–Trinajstić information content (AvgIpc) is 2.04. The van der Waals surface area contributed by atoms with Gasteiger partial charge in [0.15, 0.2) is 0 Å². The van der Waals surface area contributed by atoms with Gasteiger partial charge in [0.2, 0.25) is 0 Å². The molecular weight excluding hydrogens is 153 g/mol. The molecule has 66 valence electrons. The molecule has 1 aromatic carbocycles. The Balaban J connectivity index is 3.02. The van der Waals surface area contributed by atoms with E-state index in [-0.39, 0.29) is 5.82 Å². The Bertz CT molecular complexity index is 269. The van der Waals surface area contributed by atoms with Crippen molar-refractivity contribution in [1.29, 1.82) is 0 Å². The highest BCUT2D eigenvalue weighted by atomic mass is 19.1. The van der Waals surface area contributed by atoms with Crippen LogP contribution in [-0.2, 0) is 0 Å². The van der Waals surface area contributed by atoms with E-state index in [0.29, 0.717) is 11.6 Å². The second kappa shape index (κ2) is 3.57. The van der Waals surface area contributed by atoms with Crippen LogP contribution in [0.25, 0.3) is 0 Å². The van der Waals surface area contributed by atoms with Crippen molar-refractivity contribution in [2.45, 2.75) is 19.8 Å². The molecule has 1 N–H and O–H groups in total. The molecule has 0 aliphatic heterocycles. The molecular formula is C10H14FN. The molecule has 0 amide bonds. The SMILES string of the molecule is CNc1ccc(C(C)C)cc1F. The lowest BCUT2D eigenvalue weighted by atomic mass is 10.0. The maximum absolute atomic E-state index is 13.1. The van der Waals surface area contributed by atoms with Crippen LogP contribution >= 0.6 is 0 Å². The summed E-state index contributed by atoms with van der Waals surface area (Å²) in [5.74, 6) is 0.203. The van der Waals surface area contributed by atoms with Gasteiger partial charge in [0.05, 0.1) is 5.69 Å². The van der Waals surface area contributed by atoms with Gasteiger partial charge in [0.25, 0.3) is 0 Å². The van der Waals surface area contributed by atoms with Crippen molar-refractivity contribution in [3.05, 3.63) is 29.6 Å². The molecule has 0 heterocycles. The van der Waals surface area contributed by atoms with Crippen LogP contribution in [0.2, 0.25) is 0 Å². The Morgan fingerprint density at radius 2 is 2.00 bits per heavy atom. The lowest BCUT2D eigenvalue weighted by Gasteiger charge is -2.07. The van der Waals surface area contributed by atoms with Crippen molar-refractivity contribution < 1.29 is 4.39 Å². The molecule has 1 rings (SSSR count). The van der Waals surface area contributed by atoms with Gasteiger partial charge in [-0.25, -0.2) is 4.39 Å². The topological polar surface area (TPSA) is 12.0 Å². The van der Waals surface area contributed by atoms with Gasteiger partial charge >= 0.3 is 0 Å². The quantitative estimate of drug-likeness (QED) is 0.714. The summed E-state index contributed by atoms with van der Waals surface area (Å²) in [6.45, 7) is 4.10. The monoisotopic (exact) mass is 167 g/mol. The van der Waals surface area contributed by atoms with Crippen molar-refractivity contribution in [2.75, 3.05) is 12.4 Å². The lowest BCUT2D eigenvalue weighted by Crippen LogP contribution is -1.95. The summed E-state index contributed by atoms with van der Waals surface area (Å²) in [5, 5.41) is 2.79. The standard InChI is InChI=1S/C10H14FN/c1-7(2)8-4-5-10(12-3)9(11)6-8/h4-7,12H,1-3H3. The Labute approximate surface area is 72.6 Å². The Morgan fingerprint density at radius 3 is 2.42 bits per heavy atom. The minimum atomic E-state index is -0.177. The predicted octanol–water partition coefficient (Wildman–Crippen LogP) is 2.99. The minimum Gasteiger partial charge on any atom is -0.386 e. The number of hydrogen-bond acceptors (Lipinski definition) is 1. The number of anilines is 1. The first kappa shape index (κ1) is 9.04. The van der Waals surface area contributed by atoms with E-state index in [2.05, 4.69) is 5.32 Å². The molecule has 0 aliphatic rings. The number of benzene rings is 1. The Kier molecular flexibility index (Phi) is 2.69. The molecule has 0 saturated carbocycles. The third-order valence-corrected chi connectivity index (χ3v) is 1.93. The van der Waals surface area contributed by atoms with E-state index in [0.717, 1.165) is 5.56 Å². The fourth-order valence-corrected chi connectivity index (χ4v) is 1.09. The first-order chi connectivity index (χ1) is 5.65. The summed E-state index contributed by atoms with van der Waals surface area (Å²) < 4.78 is 13.1. The van der Waals surface area contributed by atoms with Gasteiger partial charge in [-0.2, -0.15) is 0 Å². The molecule has 0 atom stereocenters. The van der Waals surface area contributed by atoms with E-state index in [4.69, 9.17) is 0 Å². The zero-order valence-electron chi connectivity index (χ0n) is 7.69. The van der Waals surface area contributed by atoms with Crippen LogP contribution in [0.3, 0.4) is 0 Å². The van der Waals surface area contributed by atoms with Crippen LogP contribution in [0.15, 0.2) is 18.2 Å². The van der Waals surface area contributed by atoms with Crippen molar-refractivity contribution in [1.82, 2.24) is 0 Å². The first-order valence-corrected chi connectivity index (χ1v) is 4.12. The van der Waals surface area contributed by atoms with Crippen LogP contribution in [0.4, 0.5) is 10.1 Å². The molecule has 12 heavy (non-hydrogen) atoms. The molecule has 0 fully saturated rings. The fraction of sp³-hybridized carbons (Fsp3) is 0.400. The number of halogens is 1. The van der Waals surface area contributed by atoms with Gasteiger partial charge in [0.1, 0.15) is 5.82 Å². The van der Waals surface area contributed by atoms with E-state index in [1.54, 1.807) is 19.2 Å². The third kappa shape index (κ3) is 1.76.